The van der Waals surface area contributed by atoms with E-state index in [2.05, 4.69) is 5.10 Å². The van der Waals surface area contributed by atoms with Gasteiger partial charge < -0.3 is 10.5 Å². The fourth-order valence-electron chi connectivity index (χ4n) is 1.80. The lowest BCUT2D eigenvalue weighted by atomic mass is 10.0. The highest BCUT2D eigenvalue weighted by atomic mass is 32.2. The summed E-state index contributed by atoms with van der Waals surface area (Å²) < 4.78 is 7.56. The number of nitrogens with zero attached hydrogens (tertiary/aromatic N) is 2. The van der Waals surface area contributed by atoms with Crippen molar-refractivity contribution >= 4 is 11.8 Å². The Labute approximate surface area is 101 Å². The molecule has 90 valence electrons. The number of nitrogens with two attached hydrogens (primary N) is 1. The Morgan fingerprint density at radius 1 is 1.50 bits per heavy atom. The van der Waals surface area contributed by atoms with Gasteiger partial charge in [-0.15, -0.1) is 0 Å². The maximum atomic E-state index is 5.74. The monoisotopic (exact) mass is 241 g/mol. The maximum absolute atomic E-state index is 5.74. The molecule has 5 heteroatoms. The van der Waals surface area contributed by atoms with Gasteiger partial charge in [-0.3, -0.25) is 4.68 Å². The van der Waals surface area contributed by atoms with Gasteiger partial charge in [0.25, 0.3) is 0 Å². The van der Waals surface area contributed by atoms with E-state index in [4.69, 9.17) is 10.5 Å². The second-order valence-electron chi connectivity index (χ2n) is 4.09. The molecule has 0 bridgehead atoms. The van der Waals surface area contributed by atoms with Crippen LogP contribution in [0.4, 0.5) is 0 Å². The molecule has 1 aliphatic heterocycles. The zero-order valence-corrected chi connectivity index (χ0v) is 10.3. The molecule has 0 saturated carbocycles. The van der Waals surface area contributed by atoms with Crippen LogP contribution in [0.3, 0.4) is 0 Å². The van der Waals surface area contributed by atoms with Gasteiger partial charge in [0.2, 0.25) is 0 Å². The van der Waals surface area contributed by atoms with Gasteiger partial charge in [0.15, 0.2) is 5.75 Å². The molecular weight excluding hydrogens is 222 g/mol. The molecule has 0 amide bonds. The first kappa shape index (κ1) is 11.8. The second kappa shape index (κ2) is 6.15. The summed E-state index contributed by atoms with van der Waals surface area (Å²) in [6.07, 6.45) is 6.25. The normalized spacial score (nSPS) is 17.6. The summed E-state index contributed by atoms with van der Waals surface area (Å²) in [7, 11) is 0. The summed E-state index contributed by atoms with van der Waals surface area (Å²) in [6.45, 7) is 2.19. The highest BCUT2D eigenvalue weighted by Crippen LogP contribution is 2.23. The fourth-order valence-corrected chi connectivity index (χ4v) is 3.00. The smallest absolute Gasteiger partial charge is 0.157 e. The van der Waals surface area contributed by atoms with Crippen LogP contribution in [0.25, 0.3) is 0 Å². The Bertz CT molecular complexity index is 310. The van der Waals surface area contributed by atoms with Crippen molar-refractivity contribution in [1.29, 1.82) is 0 Å². The van der Waals surface area contributed by atoms with Gasteiger partial charge in [-0.05, 0) is 30.3 Å². The Kier molecular flexibility index (Phi) is 4.54. The molecule has 1 saturated heterocycles. The van der Waals surface area contributed by atoms with Gasteiger partial charge in [0, 0.05) is 6.54 Å². The number of hydrogen-bond donors (Lipinski definition) is 1. The van der Waals surface area contributed by atoms with E-state index in [0.29, 0.717) is 6.54 Å². The Morgan fingerprint density at radius 2 is 2.31 bits per heavy atom. The Morgan fingerprint density at radius 3 is 3.06 bits per heavy atom. The van der Waals surface area contributed by atoms with Crippen molar-refractivity contribution in [2.45, 2.75) is 19.4 Å². The number of thioether (sulfide) groups is 1. The van der Waals surface area contributed by atoms with Crippen LogP contribution >= 0.6 is 11.8 Å². The third-order valence-corrected chi connectivity index (χ3v) is 3.84. The minimum Gasteiger partial charge on any atom is -0.490 e. The van der Waals surface area contributed by atoms with Gasteiger partial charge in [0.1, 0.15) is 0 Å². The van der Waals surface area contributed by atoms with E-state index >= 15 is 0 Å². The van der Waals surface area contributed by atoms with Crippen molar-refractivity contribution < 1.29 is 4.74 Å². The van der Waals surface area contributed by atoms with Crippen molar-refractivity contribution in [3.8, 4) is 5.75 Å². The zero-order valence-electron chi connectivity index (χ0n) is 9.47. The number of hydrogen-bond acceptors (Lipinski definition) is 4. The van der Waals surface area contributed by atoms with Gasteiger partial charge >= 0.3 is 0 Å². The summed E-state index contributed by atoms with van der Waals surface area (Å²) in [4.78, 5) is 0. The summed E-state index contributed by atoms with van der Waals surface area (Å²) in [5.41, 5.74) is 5.46. The molecule has 0 aromatic carbocycles. The van der Waals surface area contributed by atoms with Crippen LogP contribution in [0, 0.1) is 5.92 Å². The number of ether oxygens (including phenoxy) is 1. The molecule has 0 aliphatic carbocycles. The highest BCUT2D eigenvalue weighted by molar-refractivity contribution is 7.99. The third-order valence-electron chi connectivity index (χ3n) is 2.79. The van der Waals surface area contributed by atoms with Crippen molar-refractivity contribution in [2.24, 2.45) is 11.7 Å². The molecule has 0 atom stereocenters. The van der Waals surface area contributed by atoms with Gasteiger partial charge in [-0.2, -0.15) is 16.9 Å². The van der Waals surface area contributed by atoms with Crippen LogP contribution in [-0.2, 0) is 6.54 Å². The first-order valence-electron chi connectivity index (χ1n) is 5.81. The molecule has 0 unspecified atom stereocenters. The number of aromatic nitrogens is 2. The van der Waals surface area contributed by atoms with Gasteiger partial charge in [-0.25, -0.2) is 0 Å². The Balaban J connectivity index is 1.75. The molecule has 16 heavy (non-hydrogen) atoms. The minimum absolute atomic E-state index is 0.612. The van der Waals surface area contributed by atoms with Crippen LogP contribution in [0.15, 0.2) is 12.4 Å². The summed E-state index contributed by atoms with van der Waals surface area (Å²) >= 11 is 2.05. The Hall–Kier alpha value is -0.680. The zero-order chi connectivity index (χ0) is 11.2. The molecule has 4 nitrogen and oxygen atoms in total. The number of rotatable bonds is 5. The first-order chi connectivity index (χ1) is 7.88. The lowest BCUT2D eigenvalue weighted by Crippen LogP contribution is -2.17. The van der Waals surface area contributed by atoms with E-state index in [1.807, 2.05) is 22.6 Å². The molecule has 1 aromatic rings. The van der Waals surface area contributed by atoms with E-state index in [9.17, 15) is 0 Å². The minimum atomic E-state index is 0.612. The van der Waals surface area contributed by atoms with Crippen LogP contribution < -0.4 is 10.5 Å². The third kappa shape index (κ3) is 3.42. The van der Waals surface area contributed by atoms with Crippen molar-refractivity contribution in [3.05, 3.63) is 12.4 Å². The van der Waals surface area contributed by atoms with Gasteiger partial charge in [0.05, 0.1) is 25.5 Å². The van der Waals surface area contributed by atoms with Gasteiger partial charge in [-0.1, -0.05) is 0 Å². The van der Waals surface area contributed by atoms with Crippen LogP contribution in [-0.4, -0.2) is 34.4 Å². The molecule has 2 N–H and O–H groups in total. The molecule has 1 aromatic heterocycles. The van der Waals surface area contributed by atoms with Crippen molar-refractivity contribution in [2.75, 3.05) is 24.7 Å². The molecule has 0 radical (unpaired) electrons. The van der Waals surface area contributed by atoms with Crippen molar-refractivity contribution in [1.82, 2.24) is 9.78 Å². The molecule has 1 aliphatic rings. The predicted molar refractivity (Wildman–Crippen MR) is 66.8 cm³/mol. The molecule has 1 fully saturated rings. The van der Waals surface area contributed by atoms with E-state index in [1.54, 1.807) is 6.20 Å². The molecular formula is C11H19N3OS. The average molecular weight is 241 g/mol. The molecule has 2 heterocycles. The summed E-state index contributed by atoms with van der Waals surface area (Å²) in [5, 5.41) is 4.18. The largest absolute Gasteiger partial charge is 0.490 e. The lowest BCUT2D eigenvalue weighted by Gasteiger charge is -2.20. The quantitative estimate of drug-likeness (QED) is 0.846. The SMILES string of the molecule is NCCn1cc(OCC2CCSCC2)cn1. The summed E-state index contributed by atoms with van der Waals surface area (Å²) in [6, 6.07) is 0. The van der Waals surface area contributed by atoms with Crippen LogP contribution in [0.5, 0.6) is 5.75 Å². The van der Waals surface area contributed by atoms with E-state index in [1.165, 1.54) is 24.3 Å². The van der Waals surface area contributed by atoms with E-state index in [-0.39, 0.29) is 0 Å². The maximum Gasteiger partial charge on any atom is 0.157 e. The van der Waals surface area contributed by atoms with Crippen LogP contribution in [0.1, 0.15) is 12.8 Å². The standard InChI is InChI=1S/C11H19N3OS/c12-3-4-14-8-11(7-13-14)15-9-10-1-5-16-6-2-10/h7-8,10H,1-6,9,12H2. The van der Waals surface area contributed by atoms with Crippen LogP contribution in [0.2, 0.25) is 0 Å². The molecule has 2 rings (SSSR count). The van der Waals surface area contributed by atoms with E-state index in [0.717, 1.165) is 24.8 Å². The summed E-state index contributed by atoms with van der Waals surface area (Å²) in [5.74, 6) is 4.15. The van der Waals surface area contributed by atoms with Crippen molar-refractivity contribution in [3.63, 3.8) is 0 Å². The second-order valence-corrected chi connectivity index (χ2v) is 5.32. The molecule has 0 spiro atoms. The fraction of sp³-hybridized carbons (Fsp3) is 0.727. The first-order valence-corrected chi connectivity index (χ1v) is 6.97. The highest BCUT2D eigenvalue weighted by Gasteiger charge is 2.14. The lowest BCUT2D eigenvalue weighted by molar-refractivity contribution is 0.240. The topological polar surface area (TPSA) is 53.1 Å². The predicted octanol–water partition coefficient (Wildman–Crippen LogP) is 1.36. The van der Waals surface area contributed by atoms with E-state index < -0.39 is 0 Å². The average Bonchev–Trinajstić information content (AvgIpc) is 2.76.